The van der Waals surface area contributed by atoms with E-state index in [0.717, 1.165) is 22.4 Å². The van der Waals surface area contributed by atoms with Crippen molar-refractivity contribution in [2.24, 2.45) is 0 Å². The normalized spacial score (nSPS) is 10.5. The van der Waals surface area contributed by atoms with Gasteiger partial charge in [0, 0.05) is 5.56 Å². The average molecular weight is 307 g/mol. The summed E-state index contributed by atoms with van der Waals surface area (Å²) in [5.41, 5.74) is 4.01. The Labute approximate surface area is 134 Å². The molecule has 0 bridgehead atoms. The van der Waals surface area contributed by atoms with Gasteiger partial charge in [-0.3, -0.25) is 0 Å². The van der Waals surface area contributed by atoms with Gasteiger partial charge in [0.15, 0.2) is 0 Å². The van der Waals surface area contributed by atoms with Gasteiger partial charge in [-0.2, -0.15) is 0 Å². The first-order chi connectivity index (χ1) is 11.1. The number of esters is 1. The molecule has 0 saturated carbocycles. The second-order valence-corrected chi connectivity index (χ2v) is 5.39. The van der Waals surface area contributed by atoms with Crippen molar-refractivity contribution in [2.45, 2.75) is 20.5 Å². The molecule has 2 aromatic carbocycles. The summed E-state index contributed by atoms with van der Waals surface area (Å²) in [6.45, 7) is 4.01. The molecule has 0 saturated heterocycles. The third-order valence-electron chi connectivity index (χ3n) is 3.53. The summed E-state index contributed by atoms with van der Waals surface area (Å²) in [5.74, 6) is 0.219. The zero-order valence-corrected chi connectivity index (χ0v) is 13.1. The molecule has 3 rings (SSSR count). The highest BCUT2D eigenvalue weighted by Crippen LogP contribution is 2.22. The van der Waals surface area contributed by atoms with Crippen molar-refractivity contribution in [3.8, 4) is 11.5 Å². The molecule has 0 aliphatic rings. The van der Waals surface area contributed by atoms with Crippen molar-refractivity contribution in [2.75, 3.05) is 0 Å². The minimum atomic E-state index is -0.332. The number of carbonyl (C=O) groups excluding carboxylic acids is 1. The number of rotatable bonds is 4. The maximum Gasteiger partial charge on any atom is 0.338 e. The van der Waals surface area contributed by atoms with Gasteiger partial charge in [0.25, 0.3) is 0 Å². The van der Waals surface area contributed by atoms with E-state index in [-0.39, 0.29) is 12.6 Å². The van der Waals surface area contributed by atoms with Gasteiger partial charge in [0.05, 0.1) is 11.3 Å². The second-order valence-electron chi connectivity index (χ2n) is 5.39. The zero-order chi connectivity index (χ0) is 16.2. The molecular formula is C19H17NO3. The maximum absolute atomic E-state index is 12.2. The van der Waals surface area contributed by atoms with E-state index >= 15 is 0 Å². The molecule has 0 fully saturated rings. The van der Waals surface area contributed by atoms with E-state index in [2.05, 4.69) is 4.98 Å². The molecule has 4 nitrogen and oxygen atoms in total. The van der Waals surface area contributed by atoms with E-state index in [1.54, 1.807) is 12.3 Å². The second kappa shape index (κ2) is 6.48. The number of aryl methyl sites for hydroxylation is 2. The van der Waals surface area contributed by atoms with Crippen molar-refractivity contribution in [1.29, 1.82) is 0 Å². The van der Waals surface area contributed by atoms with Crippen LogP contribution in [0.1, 0.15) is 27.2 Å². The quantitative estimate of drug-likeness (QED) is 0.674. The molecule has 1 heterocycles. The third kappa shape index (κ3) is 3.48. The summed E-state index contributed by atoms with van der Waals surface area (Å²) in [7, 11) is 0. The van der Waals surface area contributed by atoms with Gasteiger partial charge in [0.1, 0.15) is 12.9 Å². The van der Waals surface area contributed by atoms with E-state index in [0.29, 0.717) is 11.5 Å². The topological polar surface area (TPSA) is 52.3 Å². The Bertz CT molecular complexity index is 822. The first-order valence-electron chi connectivity index (χ1n) is 7.37. The van der Waals surface area contributed by atoms with Gasteiger partial charge in [-0.25, -0.2) is 9.78 Å². The fraction of sp³-hybridized carbons (Fsp3) is 0.158. The van der Waals surface area contributed by atoms with Crippen molar-refractivity contribution in [3.05, 3.63) is 77.2 Å². The Kier molecular flexibility index (Phi) is 4.24. The van der Waals surface area contributed by atoms with Crippen LogP contribution in [0.5, 0.6) is 0 Å². The number of aromatic nitrogens is 1. The first-order valence-corrected chi connectivity index (χ1v) is 7.37. The summed E-state index contributed by atoms with van der Waals surface area (Å²) in [6, 6.07) is 15.1. The predicted octanol–water partition coefficient (Wildman–Crippen LogP) is 4.32. The number of benzene rings is 2. The van der Waals surface area contributed by atoms with Gasteiger partial charge in [-0.15, -0.1) is 0 Å². The monoisotopic (exact) mass is 307 g/mol. The summed E-state index contributed by atoms with van der Waals surface area (Å²) in [5, 5.41) is 0. The number of hydrogen-bond donors (Lipinski definition) is 0. The minimum absolute atomic E-state index is 0.264. The van der Waals surface area contributed by atoms with Gasteiger partial charge >= 0.3 is 5.97 Å². The Morgan fingerprint density at radius 1 is 1.13 bits per heavy atom. The summed E-state index contributed by atoms with van der Waals surface area (Å²) < 4.78 is 10.8. The summed E-state index contributed by atoms with van der Waals surface area (Å²) in [6.07, 6.45) is 1.60. The number of ether oxygens (including phenoxy) is 1. The van der Waals surface area contributed by atoms with Gasteiger partial charge in [-0.05, 0) is 43.2 Å². The van der Waals surface area contributed by atoms with Crippen LogP contribution in [0.4, 0.5) is 0 Å². The minimum Gasteiger partial charge on any atom is -0.457 e. The molecule has 0 atom stereocenters. The lowest BCUT2D eigenvalue weighted by Crippen LogP contribution is -2.07. The van der Waals surface area contributed by atoms with Crippen molar-refractivity contribution >= 4 is 5.97 Å². The largest absolute Gasteiger partial charge is 0.457 e. The van der Waals surface area contributed by atoms with E-state index in [4.69, 9.17) is 9.15 Å². The van der Waals surface area contributed by atoms with Crippen molar-refractivity contribution in [1.82, 2.24) is 4.98 Å². The van der Waals surface area contributed by atoms with Crippen LogP contribution in [-0.2, 0) is 11.3 Å². The molecule has 0 spiro atoms. The van der Waals surface area contributed by atoms with E-state index < -0.39 is 0 Å². The molecular weight excluding hydrogens is 290 g/mol. The molecule has 1 aromatic heterocycles. The number of carbonyl (C=O) groups is 1. The van der Waals surface area contributed by atoms with Gasteiger partial charge in [0.2, 0.25) is 5.89 Å². The van der Waals surface area contributed by atoms with Crippen LogP contribution in [0.2, 0.25) is 0 Å². The summed E-state index contributed by atoms with van der Waals surface area (Å²) in [4.78, 5) is 16.5. The van der Waals surface area contributed by atoms with E-state index in [9.17, 15) is 4.79 Å². The predicted molar refractivity (Wildman–Crippen MR) is 87.0 cm³/mol. The lowest BCUT2D eigenvalue weighted by molar-refractivity contribution is 0.0472. The van der Waals surface area contributed by atoms with Crippen LogP contribution in [0, 0.1) is 13.8 Å². The number of hydrogen-bond acceptors (Lipinski definition) is 4. The molecule has 0 amide bonds. The van der Waals surface area contributed by atoms with Crippen LogP contribution >= 0.6 is 0 Å². The van der Waals surface area contributed by atoms with Crippen molar-refractivity contribution in [3.63, 3.8) is 0 Å². The Hall–Kier alpha value is -2.88. The van der Waals surface area contributed by atoms with Crippen LogP contribution in [0.15, 0.2) is 59.2 Å². The molecule has 0 unspecified atom stereocenters. The van der Waals surface area contributed by atoms with Crippen LogP contribution in [0.25, 0.3) is 11.5 Å². The molecule has 116 valence electrons. The number of oxazole rings is 1. The number of nitrogens with zero attached hydrogens (tertiary/aromatic N) is 1. The fourth-order valence-electron chi connectivity index (χ4n) is 2.31. The van der Waals surface area contributed by atoms with Crippen LogP contribution in [-0.4, -0.2) is 11.0 Å². The fourth-order valence-corrected chi connectivity index (χ4v) is 2.31. The highest BCUT2D eigenvalue weighted by atomic mass is 16.5. The highest BCUT2D eigenvalue weighted by Gasteiger charge is 2.13. The van der Waals surface area contributed by atoms with Gasteiger partial charge < -0.3 is 9.15 Å². The Morgan fingerprint density at radius 3 is 2.57 bits per heavy atom. The maximum atomic E-state index is 12.2. The lowest BCUT2D eigenvalue weighted by atomic mass is 10.1. The Morgan fingerprint density at radius 2 is 1.91 bits per heavy atom. The van der Waals surface area contributed by atoms with Crippen LogP contribution in [0.3, 0.4) is 0 Å². The SMILES string of the molecule is Cc1coc(-c2ccc(C(=O)OCc3ccccc3)c(C)c2)n1. The Balaban J connectivity index is 1.74. The molecule has 0 N–H and O–H groups in total. The first kappa shape index (κ1) is 15.0. The smallest absolute Gasteiger partial charge is 0.338 e. The molecule has 3 aromatic rings. The molecule has 4 heteroatoms. The zero-order valence-electron chi connectivity index (χ0n) is 13.1. The van der Waals surface area contributed by atoms with Gasteiger partial charge in [-0.1, -0.05) is 30.3 Å². The van der Waals surface area contributed by atoms with E-state index in [1.807, 2.05) is 56.3 Å². The highest BCUT2D eigenvalue weighted by molar-refractivity contribution is 5.91. The molecule has 0 aliphatic carbocycles. The molecule has 0 radical (unpaired) electrons. The van der Waals surface area contributed by atoms with Crippen molar-refractivity contribution < 1.29 is 13.9 Å². The van der Waals surface area contributed by atoms with Crippen LogP contribution < -0.4 is 0 Å². The third-order valence-corrected chi connectivity index (χ3v) is 3.53. The lowest BCUT2D eigenvalue weighted by Gasteiger charge is -2.08. The standard InChI is InChI=1S/C19H17NO3/c1-13-10-16(18-20-14(2)11-22-18)8-9-17(13)19(21)23-12-15-6-4-3-5-7-15/h3-11H,12H2,1-2H3. The van der Waals surface area contributed by atoms with E-state index in [1.165, 1.54) is 0 Å². The average Bonchev–Trinajstić information content (AvgIpc) is 3.00. The summed E-state index contributed by atoms with van der Waals surface area (Å²) >= 11 is 0. The molecule has 0 aliphatic heterocycles. The molecule has 23 heavy (non-hydrogen) atoms.